The molecule has 5 rings (SSSR count). The molecule has 3 aromatic heterocycles. The first-order valence-electron chi connectivity index (χ1n) is 10.3. The first-order valence-corrected chi connectivity index (χ1v) is 10.3. The first kappa shape index (κ1) is 18.0. The summed E-state index contributed by atoms with van der Waals surface area (Å²) in [4.78, 5) is 21.6. The molecular formula is C21H25N7O. The van der Waals surface area contributed by atoms with E-state index < -0.39 is 0 Å². The van der Waals surface area contributed by atoms with E-state index in [4.69, 9.17) is 0 Å². The number of amides is 1. The lowest BCUT2D eigenvalue weighted by atomic mass is 9.96. The van der Waals surface area contributed by atoms with Crippen molar-refractivity contribution in [1.82, 2.24) is 29.7 Å². The largest absolute Gasteiger partial charge is 0.351 e. The Morgan fingerprint density at radius 3 is 2.97 bits per heavy atom. The number of anilines is 1. The van der Waals surface area contributed by atoms with Gasteiger partial charge in [0, 0.05) is 31.7 Å². The Morgan fingerprint density at radius 2 is 2.10 bits per heavy atom. The van der Waals surface area contributed by atoms with Crippen LogP contribution in [0.25, 0.3) is 5.65 Å². The third kappa shape index (κ3) is 3.43. The summed E-state index contributed by atoms with van der Waals surface area (Å²) in [5, 5.41) is 12.7. The topological polar surface area (TPSA) is 79.5 Å². The molecule has 8 heteroatoms. The van der Waals surface area contributed by atoms with Crippen molar-refractivity contribution in [2.45, 2.75) is 38.6 Å². The molecule has 1 amide bonds. The highest BCUT2D eigenvalue weighted by Gasteiger charge is 2.42. The van der Waals surface area contributed by atoms with E-state index in [0.29, 0.717) is 5.91 Å². The maximum Gasteiger partial charge on any atom is 0.226 e. The fourth-order valence-electron chi connectivity index (χ4n) is 4.66. The molecule has 0 unspecified atom stereocenters. The molecule has 2 aliphatic rings. The molecule has 2 aliphatic heterocycles. The summed E-state index contributed by atoms with van der Waals surface area (Å²) < 4.78 is 1.80. The Morgan fingerprint density at radius 1 is 1.17 bits per heavy atom. The number of piperazine rings is 1. The van der Waals surface area contributed by atoms with Crippen molar-refractivity contribution >= 4 is 17.4 Å². The van der Waals surface area contributed by atoms with Crippen molar-refractivity contribution in [3.05, 3.63) is 48.0 Å². The Labute approximate surface area is 169 Å². The van der Waals surface area contributed by atoms with Crippen LogP contribution in [0.2, 0.25) is 0 Å². The van der Waals surface area contributed by atoms with Gasteiger partial charge in [0.15, 0.2) is 11.5 Å². The van der Waals surface area contributed by atoms with Crippen LogP contribution in [0.1, 0.15) is 30.5 Å². The van der Waals surface area contributed by atoms with E-state index in [0.717, 1.165) is 62.5 Å². The van der Waals surface area contributed by atoms with Gasteiger partial charge in [0.1, 0.15) is 6.33 Å². The summed E-state index contributed by atoms with van der Waals surface area (Å²) in [6.45, 7) is 4.38. The molecule has 2 fully saturated rings. The molecule has 150 valence electrons. The zero-order valence-corrected chi connectivity index (χ0v) is 16.6. The normalized spacial score (nSPS) is 21.8. The number of hydrogen-bond acceptors (Lipinski definition) is 6. The molecule has 0 radical (unpaired) electrons. The predicted molar refractivity (Wildman–Crippen MR) is 109 cm³/mol. The Kier molecular flexibility index (Phi) is 4.61. The number of fused-ring (bicyclic) bond motifs is 2. The van der Waals surface area contributed by atoms with E-state index in [1.54, 1.807) is 10.8 Å². The fraction of sp³-hybridized carbons (Fsp3) is 0.476. The van der Waals surface area contributed by atoms with E-state index in [2.05, 4.69) is 36.1 Å². The van der Waals surface area contributed by atoms with Gasteiger partial charge in [-0.2, -0.15) is 10.2 Å². The SMILES string of the molecule is Cc1ccc(N2CCN3C(=O)[C@@H](CCCc4cccn5ncnc45)C[C@H]3C2)nn1. The Bertz CT molecular complexity index is 1020. The molecule has 0 spiro atoms. The second-order valence-electron chi connectivity index (χ2n) is 8.05. The third-order valence-electron chi connectivity index (χ3n) is 6.16. The standard InChI is InChI=1S/C21H25N7O/c1-15-7-8-19(25-24-15)26-10-11-27-18(13-26)12-17(21(27)29)5-2-4-16-6-3-9-28-20(16)22-14-23-28/h3,6-9,14,17-18H,2,4-5,10-13H2,1H3/t17-,18-/m0/s1. The molecule has 2 saturated heterocycles. The van der Waals surface area contributed by atoms with Crippen LogP contribution in [-0.4, -0.2) is 61.3 Å². The monoisotopic (exact) mass is 391 g/mol. The van der Waals surface area contributed by atoms with E-state index >= 15 is 0 Å². The quantitative estimate of drug-likeness (QED) is 0.661. The number of aromatic nitrogens is 5. The second-order valence-corrected chi connectivity index (χ2v) is 8.05. The second kappa shape index (κ2) is 7.42. The van der Waals surface area contributed by atoms with Gasteiger partial charge in [-0.15, -0.1) is 5.10 Å². The molecule has 8 nitrogen and oxygen atoms in total. The first-order chi connectivity index (χ1) is 14.2. The van der Waals surface area contributed by atoms with Gasteiger partial charge >= 0.3 is 0 Å². The smallest absolute Gasteiger partial charge is 0.226 e. The summed E-state index contributed by atoms with van der Waals surface area (Å²) in [6, 6.07) is 8.40. The minimum atomic E-state index is 0.127. The molecule has 3 aromatic rings. The number of rotatable bonds is 5. The van der Waals surface area contributed by atoms with Gasteiger partial charge in [0.25, 0.3) is 0 Å². The molecule has 2 atom stereocenters. The highest BCUT2D eigenvalue weighted by molar-refractivity contribution is 5.82. The van der Waals surface area contributed by atoms with Crippen LogP contribution >= 0.6 is 0 Å². The fourth-order valence-corrected chi connectivity index (χ4v) is 4.66. The van der Waals surface area contributed by atoms with Crippen LogP contribution < -0.4 is 4.90 Å². The van der Waals surface area contributed by atoms with Gasteiger partial charge in [-0.3, -0.25) is 4.79 Å². The van der Waals surface area contributed by atoms with Crippen molar-refractivity contribution in [2.75, 3.05) is 24.5 Å². The molecule has 0 N–H and O–H groups in total. The highest BCUT2D eigenvalue weighted by Crippen LogP contribution is 2.32. The molecule has 0 saturated carbocycles. The third-order valence-corrected chi connectivity index (χ3v) is 6.16. The Hall–Kier alpha value is -3.03. The molecule has 29 heavy (non-hydrogen) atoms. The minimum Gasteiger partial charge on any atom is -0.351 e. The number of aryl methyl sites for hydroxylation is 2. The summed E-state index contributed by atoms with van der Waals surface area (Å²) in [7, 11) is 0. The van der Waals surface area contributed by atoms with Gasteiger partial charge < -0.3 is 9.80 Å². The van der Waals surface area contributed by atoms with Crippen LogP contribution in [0.15, 0.2) is 36.8 Å². The van der Waals surface area contributed by atoms with Crippen LogP contribution in [0, 0.1) is 12.8 Å². The number of carbonyl (C=O) groups excluding carboxylic acids is 1. The number of nitrogens with zero attached hydrogens (tertiary/aromatic N) is 7. The van der Waals surface area contributed by atoms with Gasteiger partial charge in [0.05, 0.1) is 11.7 Å². The number of carbonyl (C=O) groups is 1. The van der Waals surface area contributed by atoms with Crippen LogP contribution in [0.3, 0.4) is 0 Å². The average Bonchev–Trinajstić information content (AvgIpc) is 3.34. The lowest BCUT2D eigenvalue weighted by Crippen LogP contribution is -2.51. The zero-order valence-electron chi connectivity index (χ0n) is 16.6. The van der Waals surface area contributed by atoms with E-state index in [1.807, 2.05) is 31.3 Å². The van der Waals surface area contributed by atoms with Crippen molar-refractivity contribution in [3.63, 3.8) is 0 Å². The van der Waals surface area contributed by atoms with E-state index in [9.17, 15) is 4.79 Å². The van der Waals surface area contributed by atoms with Gasteiger partial charge in [-0.1, -0.05) is 6.07 Å². The Balaban J connectivity index is 1.19. The molecular weight excluding hydrogens is 366 g/mol. The van der Waals surface area contributed by atoms with E-state index in [1.165, 1.54) is 5.56 Å². The van der Waals surface area contributed by atoms with Crippen molar-refractivity contribution in [3.8, 4) is 0 Å². The van der Waals surface area contributed by atoms with Crippen molar-refractivity contribution in [1.29, 1.82) is 0 Å². The predicted octanol–water partition coefficient (Wildman–Crippen LogP) is 1.89. The number of pyridine rings is 1. The minimum absolute atomic E-state index is 0.127. The zero-order chi connectivity index (χ0) is 19.8. The van der Waals surface area contributed by atoms with Crippen LogP contribution in [0.4, 0.5) is 5.82 Å². The number of hydrogen-bond donors (Lipinski definition) is 0. The maximum atomic E-state index is 12.9. The maximum absolute atomic E-state index is 12.9. The van der Waals surface area contributed by atoms with Crippen molar-refractivity contribution in [2.24, 2.45) is 5.92 Å². The van der Waals surface area contributed by atoms with Crippen LogP contribution in [0.5, 0.6) is 0 Å². The molecule has 0 bridgehead atoms. The van der Waals surface area contributed by atoms with Crippen molar-refractivity contribution < 1.29 is 4.79 Å². The summed E-state index contributed by atoms with van der Waals surface area (Å²) in [6.07, 6.45) is 7.25. The lowest BCUT2D eigenvalue weighted by molar-refractivity contribution is -0.132. The van der Waals surface area contributed by atoms with Gasteiger partial charge in [-0.05, 0) is 56.4 Å². The van der Waals surface area contributed by atoms with Gasteiger partial charge in [-0.25, -0.2) is 9.50 Å². The van der Waals surface area contributed by atoms with Crippen LogP contribution in [-0.2, 0) is 11.2 Å². The average molecular weight is 391 g/mol. The summed E-state index contributed by atoms with van der Waals surface area (Å²) in [5.74, 6) is 1.36. The molecule has 0 aliphatic carbocycles. The summed E-state index contributed by atoms with van der Waals surface area (Å²) >= 11 is 0. The van der Waals surface area contributed by atoms with Gasteiger partial charge in [0.2, 0.25) is 5.91 Å². The molecule has 5 heterocycles. The lowest BCUT2D eigenvalue weighted by Gasteiger charge is -2.37. The highest BCUT2D eigenvalue weighted by atomic mass is 16.2. The van der Waals surface area contributed by atoms with E-state index in [-0.39, 0.29) is 12.0 Å². The molecule has 0 aromatic carbocycles. The summed E-state index contributed by atoms with van der Waals surface area (Å²) in [5.41, 5.74) is 3.03.